The third kappa shape index (κ3) is 5.44. The third-order valence-electron chi connectivity index (χ3n) is 7.32. The van der Waals surface area contributed by atoms with Crippen molar-refractivity contribution in [3.8, 4) is 0 Å². The molecule has 0 aromatic carbocycles. The number of aliphatic hydroxyl groups is 2. The molecule has 0 amide bonds. The van der Waals surface area contributed by atoms with Crippen LogP contribution in [-0.4, -0.2) is 109 Å². The molecule has 3 aliphatic heterocycles. The molecule has 25 heteroatoms. The second-order valence-electron chi connectivity index (χ2n) is 10.1. The minimum atomic E-state index is -5.01. The lowest BCUT2D eigenvalue weighted by atomic mass is 10.1. The average molecular weight is 690 g/mol. The van der Waals surface area contributed by atoms with Gasteiger partial charge in [0.25, 0.3) is 5.56 Å². The van der Waals surface area contributed by atoms with Crippen LogP contribution >= 0.6 is 14.5 Å². The first kappa shape index (κ1) is 30.6. The Hall–Kier alpha value is -3.02. The summed E-state index contributed by atoms with van der Waals surface area (Å²) in [4.78, 5) is 56.5. The highest BCUT2D eigenvalue weighted by Gasteiger charge is 2.53. The number of nitrogens with one attached hydrogen (secondary N) is 1. The van der Waals surface area contributed by atoms with Gasteiger partial charge in [0.2, 0.25) is 5.95 Å². The topological polar surface area (TPSA) is 313 Å². The van der Waals surface area contributed by atoms with Crippen LogP contribution < -0.4 is 17.0 Å². The number of aromatic amines is 1. The predicted octanol–water partition coefficient (Wildman–Crippen LogP) is -2.23. The van der Waals surface area contributed by atoms with Gasteiger partial charge in [0.15, 0.2) is 35.1 Å². The van der Waals surface area contributed by atoms with E-state index in [9.17, 15) is 29.4 Å². The average Bonchev–Trinajstić information content (AvgIpc) is 3.72. The maximum atomic E-state index is 13.1. The Kier molecular flexibility index (Phi) is 7.52. The molecule has 0 saturated carbocycles. The highest BCUT2D eigenvalue weighted by molar-refractivity contribution is 8.07. The highest BCUT2D eigenvalue weighted by Crippen LogP contribution is 2.53. The van der Waals surface area contributed by atoms with Crippen molar-refractivity contribution < 1.29 is 52.1 Å². The summed E-state index contributed by atoms with van der Waals surface area (Å²) >= 11 is 5.21. The molecule has 45 heavy (non-hydrogen) atoms. The Bertz CT molecular complexity index is 1940. The monoisotopic (exact) mass is 690 g/mol. The van der Waals surface area contributed by atoms with E-state index in [2.05, 4.69) is 29.9 Å². The van der Waals surface area contributed by atoms with E-state index in [0.717, 1.165) is 6.33 Å². The number of nitrogens with zero attached hydrogens (tertiary/aromatic N) is 7. The molecule has 2 bridgehead atoms. The number of aliphatic hydroxyl groups excluding tert-OH is 2. The summed E-state index contributed by atoms with van der Waals surface area (Å²) in [5.74, 6) is -0.181. The highest BCUT2D eigenvalue weighted by atomic mass is 32.5. The Labute approximate surface area is 254 Å². The van der Waals surface area contributed by atoms with Crippen LogP contribution in [0, 0.1) is 0 Å². The van der Waals surface area contributed by atoms with E-state index in [-0.39, 0.29) is 34.1 Å². The van der Waals surface area contributed by atoms with Gasteiger partial charge in [0, 0.05) is 0 Å². The van der Waals surface area contributed by atoms with Gasteiger partial charge in [0.1, 0.15) is 48.5 Å². The normalized spacial score (nSPS) is 37.7. The van der Waals surface area contributed by atoms with Crippen molar-refractivity contribution in [3.63, 3.8) is 0 Å². The van der Waals surface area contributed by atoms with Gasteiger partial charge in [0.05, 0.1) is 25.9 Å². The molecule has 3 saturated heterocycles. The van der Waals surface area contributed by atoms with Crippen LogP contribution in [0.4, 0.5) is 11.8 Å². The molecule has 0 radical (unpaired) electrons. The number of nitrogens with two attached hydrogens (primary N) is 2. The number of hydrogen-bond donors (Lipinski definition) is 7. The lowest BCUT2D eigenvalue weighted by molar-refractivity contribution is -0.0635. The van der Waals surface area contributed by atoms with Gasteiger partial charge in [-0.3, -0.25) is 32.5 Å². The molecule has 4 aromatic heterocycles. The lowest BCUT2D eigenvalue weighted by Crippen LogP contribution is -2.36. The number of hydrogen-bond acceptors (Lipinski definition) is 18. The quantitative estimate of drug-likeness (QED) is 0.109. The Morgan fingerprint density at radius 2 is 1.58 bits per heavy atom. The summed E-state index contributed by atoms with van der Waals surface area (Å²) in [6, 6.07) is 0. The number of phosphoric ester groups is 1. The first-order chi connectivity index (χ1) is 21.3. The zero-order chi connectivity index (χ0) is 31.8. The van der Waals surface area contributed by atoms with Crippen LogP contribution in [0.1, 0.15) is 12.5 Å². The number of imidazole rings is 2. The summed E-state index contributed by atoms with van der Waals surface area (Å²) in [6.07, 6.45) is -8.14. The Morgan fingerprint density at radius 3 is 2.36 bits per heavy atom. The van der Waals surface area contributed by atoms with Gasteiger partial charge in [-0.2, -0.15) is 4.98 Å². The third-order valence-corrected chi connectivity index (χ3v) is 9.87. The van der Waals surface area contributed by atoms with Crippen LogP contribution in [0.25, 0.3) is 22.3 Å². The van der Waals surface area contributed by atoms with Crippen molar-refractivity contribution in [2.24, 2.45) is 0 Å². The second kappa shape index (κ2) is 11.1. The van der Waals surface area contributed by atoms with Crippen molar-refractivity contribution in [2.45, 2.75) is 49.1 Å². The summed E-state index contributed by atoms with van der Waals surface area (Å²) in [5, 5.41) is 22.3. The van der Waals surface area contributed by atoms with E-state index in [0.29, 0.717) is 0 Å². The summed E-state index contributed by atoms with van der Waals surface area (Å²) in [5.41, 5.74) is 11.1. The van der Waals surface area contributed by atoms with Crippen LogP contribution in [0.5, 0.6) is 0 Å². The van der Waals surface area contributed by atoms with Gasteiger partial charge in [-0.25, -0.2) is 24.5 Å². The van der Waals surface area contributed by atoms with Crippen molar-refractivity contribution in [1.29, 1.82) is 0 Å². The van der Waals surface area contributed by atoms with E-state index >= 15 is 0 Å². The van der Waals surface area contributed by atoms with Gasteiger partial charge in [-0.05, 0) is 11.8 Å². The molecule has 7 heterocycles. The minimum Gasteiger partial charge on any atom is -0.387 e. The molecule has 10 unspecified atom stereocenters. The summed E-state index contributed by atoms with van der Waals surface area (Å²) < 4.78 is 49.1. The number of aromatic nitrogens is 8. The number of anilines is 2. The van der Waals surface area contributed by atoms with Gasteiger partial charge in [-0.15, -0.1) is 0 Å². The predicted molar refractivity (Wildman–Crippen MR) is 150 cm³/mol. The smallest absolute Gasteiger partial charge is 0.387 e. The molecule has 7 rings (SSSR count). The summed E-state index contributed by atoms with van der Waals surface area (Å²) in [6.45, 7) is -5.66. The largest absolute Gasteiger partial charge is 0.472 e. The maximum absolute atomic E-state index is 13.1. The second-order valence-corrected chi connectivity index (χ2v) is 14.3. The fraction of sp³-hybridized carbons (Fsp3) is 0.500. The molecule has 0 spiro atoms. The molecule has 9 N–H and O–H groups in total. The molecule has 3 aliphatic rings. The van der Waals surface area contributed by atoms with E-state index in [4.69, 9.17) is 50.8 Å². The number of H-pyrrole nitrogens is 1. The molecule has 10 atom stereocenters. The SMILES string of the molecule is Nc1nc2c(ncn2C2OC3COP(=O)(O)OC4C(COP(O)(=S)OC2C3O)OC(n2cnc3c(N)ncnc32)C4O)c(=O)[nH]1. The zero-order valence-electron chi connectivity index (χ0n) is 22.4. The van der Waals surface area contributed by atoms with Crippen molar-refractivity contribution in [1.82, 2.24) is 39.0 Å². The van der Waals surface area contributed by atoms with E-state index in [1.165, 1.54) is 21.8 Å². The molecule has 22 nitrogen and oxygen atoms in total. The first-order valence-corrected chi connectivity index (χ1v) is 17.0. The standard InChI is InChI=1S/C20H24N10O12P2S/c21-14-8-15(24-3-23-14)29(4-25-8)18-11(32)12-7(40-18)2-38-44(36,45)42-13-10(31)6(1-37-43(34,35)41-12)39-19(13)30-5-26-9-16(30)27-20(22)28-17(9)33/h3-7,10-13,18-19,31-32H,1-2H2,(H,34,35)(H,36,45)(H2,21,23,24)(H3,22,27,28,33). The van der Waals surface area contributed by atoms with E-state index in [1.54, 1.807) is 0 Å². The fourth-order valence-electron chi connectivity index (χ4n) is 5.30. The lowest BCUT2D eigenvalue weighted by Gasteiger charge is -2.27. The first-order valence-electron chi connectivity index (χ1n) is 13.0. The Balaban J connectivity index is 1.21. The van der Waals surface area contributed by atoms with Gasteiger partial charge >= 0.3 is 14.5 Å². The van der Waals surface area contributed by atoms with Crippen molar-refractivity contribution in [3.05, 3.63) is 29.3 Å². The van der Waals surface area contributed by atoms with E-state index < -0.39 is 82.4 Å². The molecular weight excluding hydrogens is 666 g/mol. The number of ether oxygens (including phenoxy) is 2. The van der Waals surface area contributed by atoms with Gasteiger partial charge in [-0.1, -0.05) is 0 Å². The minimum absolute atomic E-state index is 0.0608. The van der Waals surface area contributed by atoms with Crippen LogP contribution in [0.15, 0.2) is 23.8 Å². The molecular formula is C20H24N10O12P2S. The van der Waals surface area contributed by atoms with Crippen molar-refractivity contribution in [2.75, 3.05) is 24.7 Å². The maximum Gasteiger partial charge on any atom is 0.472 e. The number of nitrogen functional groups attached to an aromatic ring is 2. The summed E-state index contributed by atoms with van der Waals surface area (Å²) in [7, 11) is -5.01. The number of phosphoric acid groups is 1. The van der Waals surface area contributed by atoms with Gasteiger partial charge < -0.3 is 45.5 Å². The van der Waals surface area contributed by atoms with E-state index in [1.807, 2.05) is 0 Å². The number of fused-ring (bicyclic) bond motifs is 5. The van der Waals surface area contributed by atoms with Crippen LogP contribution in [0.2, 0.25) is 0 Å². The number of rotatable bonds is 2. The molecule has 3 fully saturated rings. The zero-order valence-corrected chi connectivity index (χ0v) is 25.0. The van der Waals surface area contributed by atoms with Crippen LogP contribution in [0.3, 0.4) is 0 Å². The van der Waals surface area contributed by atoms with Crippen LogP contribution in [-0.2, 0) is 43.9 Å². The fourth-order valence-corrected chi connectivity index (χ4v) is 7.67. The molecule has 242 valence electrons. The Morgan fingerprint density at radius 1 is 0.889 bits per heavy atom. The molecule has 4 aromatic rings. The van der Waals surface area contributed by atoms with Crippen molar-refractivity contribution >= 4 is 60.4 Å². The molecule has 0 aliphatic carbocycles.